The van der Waals surface area contributed by atoms with E-state index >= 15 is 0 Å². The van der Waals surface area contributed by atoms with Crippen LogP contribution in [-0.4, -0.2) is 31.1 Å². The van der Waals surface area contributed by atoms with Gasteiger partial charge in [-0.2, -0.15) is 5.10 Å². The van der Waals surface area contributed by atoms with Gasteiger partial charge in [-0.05, 0) is 79.0 Å². The minimum Gasteiger partial charge on any atom is -0.490 e. The van der Waals surface area contributed by atoms with Crippen LogP contribution in [-0.2, 0) is 0 Å². The molecule has 190 valence electrons. The molecule has 0 radical (unpaired) electrons. The van der Waals surface area contributed by atoms with Crippen LogP contribution in [0.4, 0.5) is 5.69 Å². The Labute approximate surface area is 223 Å². The van der Waals surface area contributed by atoms with Gasteiger partial charge in [-0.15, -0.1) is 0 Å². The lowest BCUT2D eigenvalue weighted by atomic mass is 9.99. The number of para-hydroxylation sites is 1. The number of ether oxygens (including phenoxy) is 3. The summed E-state index contributed by atoms with van der Waals surface area (Å²) in [6, 6.07) is 21.4. The van der Waals surface area contributed by atoms with Crippen molar-refractivity contribution in [1.29, 1.82) is 0 Å². The Kier molecular flexibility index (Phi) is 10.9. The number of benzene rings is 3. The molecule has 0 aliphatic carbocycles. The predicted octanol–water partition coefficient (Wildman–Crippen LogP) is 7.03. The van der Waals surface area contributed by atoms with Crippen LogP contribution in [0.5, 0.6) is 17.2 Å². The van der Waals surface area contributed by atoms with Crippen molar-refractivity contribution in [1.82, 2.24) is 5.43 Å². The molecular weight excluding hydrogens is 494 g/mol. The number of hydrogen-bond acceptors (Lipinski definition) is 5. The Morgan fingerprint density at radius 2 is 1.72 bits per heavy atom. The maximum Gasteiger partial charge on any atom is 0.191 e. The van der Waals surface area contributed by atoms with Crippen molar-refractivity contribution in [2.24, 2.45) is 5.10 Å². The van der Waals surface area contributed by atoms with Crippen molar-refractivity contribution in [3.63, 3.8) is 0 Å². The van der Waals surface area contributed by atoms with Gasteiger partial charge in [0.05, 0.1) is 17.8 Å². The predicted molar refractivity (Wildman–Crippen MR) is 152 cm³/mol. The van der Waals surface area contributed by atoms with E-state index in [1.165, 1.54) is 5.56 Å². The molecule has 0 unspecified atom stereocenters. The smallest absolute Gasteiger partial charge is 0.191 e. The van der Waals surface area contributed by atoms with Crippen LogP contribution < -0.4 is 25.0 Å². The van der Waals surface area contributed by atoms with E-state index in [0.29, 0.717) is 47.4 Å². The zero-order valence-corrected chi connectivity index (χ0v) is 22.4. The molecule has 0 spiro atoms. The summed E-state index contributed by atoms with van der Waals surface area (Å²) in [5.74, 6) is 2.35. The highest BCUT2D eigenvalue weighted by atomic mass is 35.5. The lowest BCUT2D eigenvalue weighted by Gasteiger charge is -2.15. The molecule has 0 aliphatic heterocycles. The minimum atomic E-state index is 0.321. The van der Waals surface area contributed by atoms with E-state index in [4.69, 9.17) is 38.0 Å². The second kappa shape index (κ2) is 14.3. The van der Waals surface area contributed by atoms with Crippen LogP contribution >= 0.6 is 23.8 Å². The van der Waals surface area contributed by atoms with Crippen molar-refractivity contribution < 1.29 is 14.2 Å². The van der Waals surface area contributed by atoms with Crippen LogP contribution in [0.15, 0.2) is 71.8 Å². The normalized spacial score (nSPS) is 11.7. The molecule has 0 aromatic heterocycles. The third-order valence-electron chi connectivity index (χ3n) is 5.40. The third-order valence-corrected chi connectivity index (χ3v) is 5.88. The lowest BCUT2D eigenvalue weighted by Crippen LogP contribution is -2.23. The number of nitrogens with one attached hydrogen (secondary N) is 2. The monoisotopic (exact) mass is 525 g/mol. The first-order valence-corrected chi connectivity index (χ1v) is 12.8. The van der Waals surface area contributed by atoms with Crippen molar-refractivity contribution >= 4 is 40.8 Å². The first kappa shape index (κ1) is 27.3. The largest absolute Gasteiger partial charge is 0.490 e. The summed E-state index contributed by atoms with van der Waals surface area (Å²) in [6.45, 7) is 7.47. The van der Waals surface area contributed by atoms with Crippen LogP contribution in [0.3, 0.4) is 0 Å². The molecule has 3 aromatic rings. The molecule has 3 aromatic carbocycles. The number of hydrogen-bond donors (Lipinski definition) is 2. The molecule has 0 aliphatic rings. The van der Waals surface area contributed by atoms with Crippen molar-refractivity contribution in [2.75, 3.05) is 25.1 Å². The highest BCUT2D eigenvalue weighted by Gasteiger charge is 2.12. The molecular formula is C28H32ClN3O3S. The lowest BCUT2D eigenvalue weighted by molar-refractivity contribution is 0.208. The summed E-state index contributed by atoms with van der Waals surface area (Å²) < 4.78 is 17.5. The molecule has 0 heterocycles. The van der Waals surface area contributed by atoms with Crippen molar-refractivity contribution in [3.8, 4) is 17.2 Å². The number of hydrazone groups is 1. The van der Waals surface area contributed by atoms with Gasteiger partial charge >= 0.3 is 0 Å². The van der Waals surface area contributed by atoms with Gasteiger partial charge in [0, 0.05) is 5.69 Å². The van der Waals surface area contributed by atoms with Gasteiger partial charge in [0.1, 0.15) is 19.0 Å². The molecule has 0 fully saturated rings. The highest BCUT2D eigenvalue weighted by Crippen LogP contribution is 2.36. The van der Waals surface area contributed by atoms with Crippen molar-refractivity contribution in [2.45, 2.75) is 33.1 Å². The summed E-state index contributed by atoms with van der Waals surface area (Å²) in [6.07, 6.45) is 2.72. The number of anilines is 1. The first-order valence-electron chi connectivity index (χ1n) is 12.0. The zero-order chi connectivity index (χ0) is 25.8. The van der Waals surface area contributed by atoms with Crippen molar-refractivity contribution in [3.05, 3.63) is 82.9 Å². The van der Waals surface area contributed by atoms with E-state index in [9.17, 15) is 0 Å². The molecule has 0 amide bonds. The summed E-state index contributed by atoms with van der Waals surface area (Å²) in [4.78, 5) is 0. The van der Waals surface area contributed by atoms with E-state index in [0.717, 1.165) is 23.4 Å². The standard InChI is InChI=1S/C28H32ClN3O3S/c1-4-20(3)22-11-13-24(14-12-22)34-15-16-35-27-25(29)17-21(18-26(27)33-5-2)19-30-32-28(36)31-23-9-7-6-8-10-23/h6-14,17-20H,4-5,15-16H2,1-3H3,(H2,31,32,36)/b30-19-/t20-/m1/s1. The fraction of sp³-hybridized carbons (Fsp3) is 0.286. The highest BCUT2D eigenvalue weighted by molar-refractivity contribution is 7.80. The maximum atomic E-state index is 6.51. The van der Waals surface area contributed by atoms with Gasteiger partial charge in [-0.25, -0.2) is 0 Å². The summed E-state index contributed by atoms with van der Waals surface area (Å²) in [7, 11) is 0. The Morgan fingerprint density at radius 3 is 2.42 bits per heavy atom. The minimum absolute atomic E-state index is 0.321. The van der Waals surface area contributed by atoms with E-state index in [2.05, 4.69) is 41.8 Å². The van der Waals surface area contributed by atoms with E-state index in [-0.39, 0.29) is 0 Å². The SMILES string of the molecule is CCOc1cc(/C=N\NC(=S)Nc2ccccc2)cc(Cl)c1OCCOc1ccc([C@H](C)CC)cc1. The van der Waals surface area contributed by atoms with Crippen LogP contribution in [0.1, 0.15) is 44.2 Å². The summed E-state index contributed by atoms with van der Waals surface area (Å²) in [5, 5.41) is 8.04. The number of halogens is 1. The fourth-order valence-corrected chi connectivity index (χ4v) is 3.79. The Balaban J connectivity index is 1.54. The molecule has 6 nitrogen and oxygen atoms in total. The van der Waals surface area contributed by atoms with E-state index in [1.807, 2.05) is 55.5 Å². The maximum absolute atomic E-state index is 6.51. The Bertz CT molecular complexity index is 1140. The molecule has 3 rings (SSSR count). The second-order valence-corrected chi connectivity index (χ2v) is 8.84. The third kappa shape index (κ3) is 8.43. The number of rotatable bonds is 12. The molecule has 8 heteroatoms. The van der Waals surface area contributed by atoms with Gasteiger partial charge in [-0.3, -0.25) is 5.43 Å². The number of nitrogens with zero attached hydrogens (tertiary/aromatic N) is 1. The number of thiocarbonyl (C=S) groups is 1. The van der Waals surface area contributed by atoms with E-state index in [1.54, 1.807) is 12.3 Å². The average molecular weight is 526 g/mol. The van der Waals surface area contributed by atoms with Gasteiger partial charge in [0.2, 0.25) is 0 Å². The average Bonchev–Trinajstić information content (AvgIpc) is 2.88. The fourth-order valence-electron chi connectivity index (χ4n) is 3.34. The summed E-state index contributed by atoms with van der Waals surface area (Å²) in [5.41, 5.74) is 5.72. The van der Waals surface area contributed by atoms with Crippen LogP contribution in [0.2, 0.25) is 5.02 Å². The van der Waals surface area contributed by atoms with Gasteiger partial charge in [-0.1, -0.05) is 55.8 Å². The molecule has 0 saturated heterocycles. The molecule has 2 N–H and O–H groups in total. The summed E-state index contributed by atoms with van der Waals surface area (Å²) >= 11 is 11.8. The van der Waals surface area contributed by atoms with Crippen LogP contribution in [0, 0.1) is 0 Å². The van der Waals surface area contributed by atoms with Gasteiger partial charge < -0.3 is 19.5 Å². The van der Waals surface area contributed by atoms with E-state index < -0.39 is 0 Å². The van der Waals surface area contributed by atoms with Crippen LogP contribution in [0.25, 0.3) is 0 Å². The van der Waals surface area contributed by atoms with Gasteiger partial charge in [0.15, 0.2) is 16.6 Å². The van der Waals surface area contributed by atoms with Gasteiger partial charge in [0.25, 0.3) is 0 Å². The molecule has 0 saturated carbocycles. The molecule has 0 bridgehead atoms. The first-order chi connectivity index (χ1) is 17.5. The topological polar surface area (TPSA) is 64.1 Å². The molecule has 1 atom stereocenters. The Hall–Kier alpha value is -3.29. The zero-order valence-electron chi connectivity index (χ0n) is 20.8. The molecule has 36 heavy (non-hydrogen) atoms. The Morgan fingerprint density at radius 1 is 1.00 bits per heavy atom. The quantitative estimate of drug-likeness (QED) is 0.114. The second-order valence-electron chi connectivity index (χ2n) is 8.03.